The average molecular weight is 435 g/mol. The minimum atomic E-state index is -4.81. The van der Waals surface area contributed by atoms with E-state index in [-0.39, 0.29) is 11.4 Å². The summed E-state index contributed by atoms with van der Waals surface area (Å²) in [5.41, 5.74) is -1.21. The van der Waals surface area contributed by atoms with Crippen molar-refractivity contribution in [1.82, 2.24) is 9.78 Å². The fraction of sp³-hybridized carbons (Fsp3) is 0.238. The molecule has 0 unspecified atom stereocenters. The number of fused-ring (bicyclic) bond motifs is 1. The second kappa shape index (κ2) is 7.60. The number of aromatic nitrogens is 2. The van der Waals surface area contributed by atoms with Gasteiger partial charge < -0.3 is 14.8 Å². The maximum atomic E-state index is 13.9. The van der Waals surface area contributed by atoms with E-state index in [1.54, 1.807) is 18.2 Å². The zero-order valence-electron chi connectivity index (χ0n) is 16.5. The number of nitrogens with zero attached hydrogens (tertiary/aromatic N) is 2. The van der Waals surface area contributed by atoms with Gasteiger partial charge in [-0.3, -0.25) is 4.79 Å². The Balaban J connectivity index is 2.03. The van der Waals surface area contributed by atoms with E-state index in [1.165, 1.54) is 14.2 Å². The van der Waals surface area contributed by atoms with Crippen LogP contribution in [-0.4, -0.2) is 30.5 Å². The normalized spacial score (nSPS) is 13.0. The van der Waals surface area contributed by atoms with Gasteiger partial charge in [0.1, 0.15) is 23.0 Å². The largest absolute Gasteiger partial charge is 0.497 e. The Kier molecular flexibility index (Phi) is 5.08. The zero-order valence-corrected chi connectivity index (χ0v) is 16.5. The van der Waals surface area contributed by atoms with Gasteiger partial charge in [0, 0.05) is 29.8 Å². The lowest BCUT2D eigenvalue weighted by atomic mass is 10.0. The van der Waals surface area contributed by atoms with Crippen LogP contribution >= 0.6 is 0 Å². The van der Waals surface area contributed by atoms with Gasteiger partial charge in [-0.15, -0.1) is 0 Å². The topological polar surface area (TPSA) is 65.4 Å². The number of anilines is 1. The van der Waals surface area contributed by atoms with Crippen LogP contribution in [0.5, 0.6) is 11.5 Å². The van der Waals surface area contributed by atoms with E-state index in [0.717, 1.165) is 0 Å². The van der Waals surface area contributed by atoms with Crippen molar-refractivity contribution in [3.63, 3.8) is 0 Å². The lowest BCUT2D eigenvalue weighted by Crippen LogP contribution is -2.27. The van der Waals surface area contributed by atoms with Crippen LogP contribution < -0.4 is 20.3 Å². The van der Waals surface area contributed by atoms with E-state index in [1.807, 2.05) is 0 Å². The van der Waals surface area contributed by atoms with E-state index in [4.69, 9.17) is 9.47 Å². The van der Waals surface area contributed by atoms with Crippen molar-refractivity contribution in [2.24, 2.45) is 0 Å². The van der Waals surface area contributed by atoms with Gasteiger partial charge in [-0.1, -0.05) is 0 Å². The molecule has 162 valence electrons. The number of hydrogen-bond acceptors (Lipinski definition) is 5. The summed E-state index contributed by atoms with van der Waals surface area (Å²) in [6.07, 6.45) is -4.36. The molecule has 0 saturated carbocycles. The molecule has 1 aliphatic rings. The maximum Gasteiger partial charge on any atom is 0.418 e. The van der Waals surface area contributed by atoms with E-state index in [9.17, 15) is 22.4 Å². The highest BCUT2D eigenvalue weighted by atomic mass is 19.4. The van der Waals surface area contributed by atoms with Crippen molar-refractivity contribution in [2.45, 2.75) is 12.6 Å². The molecule has 2 aromatic carbocycles. The van der Waals surface area contributed by atoms with Crippen molar-refractivity contribution in [3.05, 3.63) is 63.7 Å². The Hall–Kier alpha value is -3.56. The van der Waals surface area contributed by atoms with E-state index < -0.39 is 28.8 Å². The minimum Gasteiger partial charge on any atom is -0.497 e. The van der Waals surface area contributed by atoms with Crippen molar-refractivity contribution < 1.29 is 27.0 Å². The van der Waals surface area contributed by atoms with Crippen molar-refractivity contribution in [1.29, 1.82) is 0 Å². The molecule has 0 saturated heterocycles. The number of benzene rings is 2. The summed E-state index contributed by atoms with van der Waals surface area (Å²) in [6, 6.07) is 6.83. The molecule has 0 spiro atoms. The number of alkyl halides is 3. The molecule has 0 aliphatic carbocycles. The molecule has 3 aromatic rings. The number of rotatable bonds is 4. The zero-order chi connectivity index (χ0) is 22.3. The minimum absolute atomic E-state index is 0.129. The Morgan fingerprint density at radius 3 is 2.35 bits per heavy atom. The van der Waals surface area contributed by atoms with E-state index >= 15 is 0 Å². The molecule has 10 heteroatoms. The molecule has 0 fully saturated rings. The summed E-state index contributed by atoms with van der Waals surface area (Å²) in [7, 11) is 2.92. The van der Waals surface area contributed by atoms with Crippen LogP contribution in [0.3, 0.4) is 0 Å². The first-order valence-corrected chi connectivity index (χ1v) is 9.23. The van der Waals surface area contributed by atoms with Gasteiger partial charge in [0.2, 0.25) is 0 Å². The van der Waals surface area contributed by atoms with E-state index in [0.29, 0.717) is 58.5 Å². The number of methoxy groups -OCH3 is 2. The molecule has 1 aromatic heterocycles. The van der Waals surface area contributed by atoms with Crippen molar-refractivity contribution >= 4 is 5.69 Å². The molecular weight excluding hydrogens is 418 g/mol. The second-order valence-corrected chi connectivity index (χ2v) is 6.86. The first kappa shape index (κ1) is 20.7. The fourth-order valence-electron chi connectivity index (χ4n) is 3.56. The van der Waals surface area contributed by atoms with Gasteiger partial charge in [0.15, 0.2) is 0 Å². The lowest BCUT2D eigenvalue weighted by Gasteiger charge is -2.17. The van der Waals surface area contributed by atoms with Crippen LogP contribution in [0.2, 0.25) is 0 Å². The van der Waals surface area contributed by atoms with Crippen molar-refractivity contribution in [3.8, 4) is 28.4 Å². The highest BCUT2D eigenvalue weighted by molar-refractivity contribution is 5.74. The standard InChI is InChI=1S/C21H17F4N3O3/c1-30-13-7-11(8-14(10-13)31-2)18-15-5-6-26-19(15)20(29)28(27-18)17-9-12(22)3-4-16(17)21(23,24)25/h3-4,7-10,26H,5-6H2,1-2H3. The summed E-state index contributed by atoms with van der Waals surface area (Å²) in [6.45, 7) is 0.416. The summed E-state index contributed by atoms with van der Waals surface area (Å²) in [5, 5.41) is 7.14. The van der Waals surface area contributed by atoms with E-state index in [2.05, 4.69) is 10.4 Å². The molecule has 0 amide bonds. The summed E-state index contributed by atoms with van der Waals surface area (Å²) >= 11 is 0. The molecule has 0 atom stereocenters. The Labute approximate surface area is 174 Å². The van der Waals surface area contributed by atoms with Crippen LogP contribution in [0.1, 0.15) is 11.1 Å². The molecule has 4 rings (SSSR count). The fourth-order valence-corrected chi connectivity index (χ4v) is 3.56. The van der Waals surface area contributed by atoms with Gasteiger partial charge >= 0.3 is 6.18 Å². The molecule has 0 bridgehead atoms. The average Bonchev–Trinajstić information content (AvgIpc) is 3.23. The van der Waals surface area contributed by atoms with Gasteiger partial charge in [-0.25, -0.2) is 4.39 Å². The van der Waals surface area contributed by atoms with Gasteiger partial charge in [-0.05, 0) is 30.7 Å². The molecule has 1 N–H and O–H groups in total. The third-order valence-electron chi connectivity index (χ3n) is 4.99. The van der Waals surface area contributed by atoms with Gasteiger partial charge in [0.25, 0.3) is 5.56 Å². The van der Waals surface area contributed by atoms with Crippen LogP contribution in [0, 0.1) is 5.82 Å². The predicted octanol–water partition coefficient (Wildman–Crippen LogP) is 4.04. The van der Waals surface area contributed by atoms with Crippen LogP contribution in [0.15, 0.2) is 41.2 Å². The Morgan fingerprint density at radius 2 is 1.74 bits per heavy atom. The maximum absolute atomic E-state index is 13.9. The van der Waals surface area contributed by atoms with Gasteiger partial charge in [-0.2, -0.15) is 23.0 Å². The number of halogens is 4. The second-order valence-electron chi connectivity index (χ2n) is 6.86. The lowest BCUT2D eigenvalue weighted by molar-refractivity contribution is -0.137. The third kappa shape index (κ3) is 3.69. The first-order valence-electron chi connectivity index (χ1n) is 9.23. The molecule has 0 radical (unpaired) electrons. The highest BCUT2D eigenvalue weighted by Gasteiger charge is 2.35. The summed E-state index contributed by atoms with van der Waals surface area (Å²) in [5.74, 6) is -0.0413. The quantitative estimate of drug-likeness (QED) is 0.627. The Bertz CT molecular complexity index is 1200. The Morgan fingerprint density at radius 1 is 1.06 bits per heavy atom. The SMILES string of the molecule is COc1cc(OC)cc(-c2nn(-c3cc(F)ccc3C(F)(F)F)c(=O)c3c2CCN3)c1. The van der Waals surface area contributed by atoms with Gasteiger partial charge in [0.05, 0.1) is 31.2 Å². The van der Waals surface area contributed by atoms with Crippen LogP contribution in [0.25, 0.3) is 16.9 Å². The smallest absolute Gasteiger partial charge is 0.418 e. The van der Waals surface area contributed by atoms with Crippen LogP contribution in [-0.2, 0) is 12.6 Å². The number of ether oxygens (including phenoxy) is 2. The number of hydrogen-bond donors (Lipinski definition) is 1. The summed E-state index contributed by atoms with van der Waals surface area (Å²) in [4.78, 5) is 13.0. The molecule has 31 heavy (non-hydrogen) atoms. The highest BCUT2D eigenvalue weighted by Crippen LogP contribution is 2.37. The monoisotopic (exact) mass is 435 g/mol. The van der Waals surface area contributed by atoms with Crippen molar-refractivity contribution in [2.75, 3.05) is 26.1 Å². The van der Waals surface area contributed by atoms with Crippen LogP contribution in [0.4, 0.5) is 23.2 Å². The number of nitrogens with one attached hydrogen (secondary N) is 1. The molecular formula is C21H17F4N3O3. The predicted molar refractivity (Wildman–Crippen MR) is 106 cm³/mol. The molecule has 1 aliphatic heterocycles. The molecule has 2 heterocycles. The first-order chi connectivity index (χ1) is 14.7. The molecule has 6 nitrogen and oxygen atoms in total. The summed E-state index contributed by atoms with van der Waals surface area (Å²) < 4.78 is 65.7. The third-order valence-corrected chi connectivity index (χ3v) is 4.99.